The van der Waals surface area contributed by atoms with E-state index in [1.54, 1.807) is 33.5 Å². The molecule has 0 heterocycles. The molecule has 45 heavy (non-hydrogen) atoms. The smallest absolute Gasteiger partial charge is 0.493 e. The first-order valence-corrected chi connectivity index (χ1v) is 17.9. The maximum absolute atomic E-state index is 12.8. The minimum Gasteiger partial charge on any atom is -0.493 e. The van der Waals surface area contributed by atoms with Gasteiger partial charge >= 0.3 is 6.16 Å². The van der Waals surface area contributed by atoms with E-state index in [-0.39, 0.29) is 18.1 Å². The number of ether oxygens (including phenoxy) is 5. The molecule has 4 aliphatic rings. The van der Waals surface area contributed by atoms with Crippen molar-refractivity contribution in [2.75, 3.05) is 21.3 Å². The average Bonchev–Trinajstić information content (AvgIpc) is 3.38. The first kappa shape index (κ1) is 34.0. The van der Waals surface area contributed by atoms with Crippen LogP contribution >= 0.6 is 0 Å². The second kappa shape index (κ2) is 14.2. The number of benzene rings is 1. The molecule has 8 atom stereocenters. The highest BCUT2D eigenvalue weighted by Crippen LogP contribution is 2.67. The molecule has 3 fully saturated rings. The quantitative estimate of drug-likeness (QED) is 0.131. The van der Waals surface area contributed by atoms with Crippen molar-refractivity contribution in [3.8, 4) is 17.2 Å². The zero-order valence-electron chi connectivity index (χ0n) is 29.4. The molecule has 6 nitrogen and oxygen atoms in total. The van der Waals surface area contributed by atoms with Crippen molar-refractivity contribution in [3.05, 3.63) is 29.3 Å². The van der Waals surface area contributed by atoms with Crippen LogP contribution < -0.4 is 14.2 Å². The van der Waals surface area contributed by atoms with Crippen LogP contribution in [0.5, 0.6) is 17.2 Å². The molecule has 1 aromatic rings. The summed E-state index contributed by atoms with van der Waals surface area (Å²) in [6.07, 6.45) is 17.0. The van der Waals surface area contributed by atoms with E-state index in [0.717, 1.165) is 60.3 Å². The lowest BCUT2D eigenvalue weighted by Gasteiger charge is -2.58. The van der Waals surface area contributed by atoms with E-state index in [1.807, 2.05) is 0 Å². The van der Waals surface area contributed by atoms with E-state index in [1.165, 1.54) is 63.4 Å². The summed E-state index contributed by atoms with van der Waals surface area (Å²) in [7, 11) is 4.71. The summed E-state index contributed by atoms with van der Waals surface area (Å²) in [5, 5.41) is 0. The first-order valence-electron chi connectivity index (χ1n) is 17.9. The van der Waals surface area contributed by atoms with Gasteiger partial charge < -0.3 is 23.7 Å². The number of unbranched alkanes of at least 4 members (excludes halogenated alkanes) is 1. The second-order valence-corrected chi connectivity index (χ2v) is 15.7. The maximum Gasteiger partial charge on any atom is 0.508 e. The molecule has 0 N–H and O–H groups in total. The Morgan fingerprint density at radius 2 is 1.60 bits per heavy atom. The SMILES string of the molecule is COc1cc(COC(=O)O[C@@H]2CC[C@@]3(C)C(=CC[C@H]4[C@@H]5CC[C@H]([C@@H](C)CCCCC(C)C)[C@@]5(C)CC[C@@H]43)C2)cc(OC)c1OC. The molecule has 0 spiro atoms. The van der Waals surface area contributed by atoms with Crippen LogP contribution in [-0.4, -0.2) is 33.6 Å². The third-order valence-corrected chi connectivity index (χ3v) is 12.9. The van der Waals surface area contributed by atoms with Gasteiger partial charge in [-0.25, -0.2) is 4.79 Å². The lowest BCUT2D eigenvalue weighted by Crippen LogP contribution is -2.51. The molecule has 0 aromatic heterocycles. The van der Waals surface area contributed by atoms with E-state index in [2.05, 4.69) is 40.7 Å². The predicted octanol–water partition coefficient (Wildman–Crippen LogP) is 10.2. The Morgan fingerprint density at radius 1 is 0.889 bits per heavy atom. The number of allylic oxidation sites excluding steroid dienone is 1. The van der Waals surface area contributed by atoms with Crippen LogP contribution in [0.3, 0.4) is 0 Å². The van der Waals surface area contributed by atoms with Gasteiger partial charge in [-0.3, -0.25) is 0 Å². The highest BCUT2D eigenvalue weighted by atomic mass is 16.7. The first-order chi connectivity index (χ1) is 21.5. The maximum atomic E-state index is 12.8. The summed E-state index contributed by atoms with van der Waals surface area (Å²) in [6.45, 7) is 12.5. The molecule has 3 saturated carbocycles. The van der Waals surface area contributed by atoms with Crippen molar-refractivity contribution < 1.29 is 28.5 Å². The van der Waals surface area contributed by atoms with Crippen LogP contribution in [0.2, 0.25) is 0 Å². The van der Waals surface area contributed by atoms with Gasteiger partial charge in [-0.15, -0.1) is 0 Å². The Labute approximate surface area is 272 Å². The van der Waals surface area contributed by atoms with Crippen molar-refractivity contribution in [1.82, 2.24) is 0 Å². The van der Waals surface area contributed by atoms with Gasteiger partial charge in [-0.05, 0) is 109 Å². The number of carbonyl (C=O) groups is 1. The fourth-order valence-electron chi connectivity index (χ4n) is 10.5. The number of methoxy groups -OCH3 is 3. The van der Waals surface area contributed by atoms with Crippen LogP contribution in [0, 0.1) is 46.3 Å². The topological polar surface area (TPSA) is 63.2 Å². The van der Waals surface area contributed by atoms with Crippen LogP contribution in [0.4, 0.5) is 4.79 Å². The van der Waals surface area contributed by atoms with Crippen LogP contribution in [-0.2, 0) is 16.1 Å². The molecule has 4 aliphatic carbocycles. The fraction of sp³-hybridized carbons (Fsp3) is 0.769. The standard InChI is InChI=1S/C39H60O6/c1-25(2)11-9-10-12-26(3)31-15-16-32-30-14-13-28-23-29(17-19-38(28,4)33(30)18-20-39(31,32)5)45-37(40)44-24-27-21-34(41-6)36(43-8)35(22-27)42-7/h13,21-22,25-26,29-33H,9-12,14-20,23-24H2,1-8H3/t26-,29+,30-,31+,32-,33-,38-,39+/m0/s1. The van der Waals surface area contributed by atoms with E-state index >= 15 is 0 Å². The fourth-order valence-corrected chi connectivity index (χ4v) is 10.5. The Morgan fingerprint density at radius 3 is 2.27 bits per heavy atom. The van der Waals surface area contributed by atoms with Crippen molar-refractivity contribution in [2.24, 2.45) is 46.3 Å². The van der Waals surface area contributed by atoms with E-state index in [9.17, 15) is 4.79 Å². The van der Waals surface area contributed by atoms with E-state index in [0.29, 0.717) is 22.7 Å². The van der Waals surface area contributed by atoms with E-state index < -0.39 is 6.16 Å². The summed E-state index contributed by atoms with van der Waals surface area (Å²) >= 11 is 0. The number of hydrogen-bond acceptors (Lipinski definition) is 6. The lowest BCUT2D eigenvalue weighted by molar-refractivity contribution is -0.0620. The van der Waals surface area contributed by atoms with Crippen molar-refractivity contribution in [2.45, 2.75) is 124 Å². The highest BCUT2D eigenvalue weighted by molar-refractivity contribution is 5.61. The third kappa shape index (κ3) is 6.86. The Kier molecular flexibility index (Phi) is 10.7. The van der Waals surface area contributed by atoms with Crippen LogP contribution in [0.1, 0.15) is 117 Å². The zero-order chi connectivity index (χ0) is 32.4. The molecule has 6 heteroatoms. The number of fused-ring (bicyclic) bond motifs is 5. The molecule has 0 bridgehead atoms. The van der Waals surface area contributed by atoms with Gasteiger partial charge in [0.05, 0.1) is 21.3 Å². The van der Waals surface area contributed by atoms with Crippen molar-refractivity contribution >= 4 is 6.16 Å². The molecular formula is C39H60O6. The van der Waals surface area contributed by atoms with Crippen molar-refractivity contribution in [3.63, 3.8) is 0 Å². The van der Waals surface area contributed by atoms with Crippen LogP contribution in [0.15, 0.2) is 23.8 Å². The molecule has 1 aromatic carbocycles. The minimum absolute atomic E-state index is 0.0736. The predicted molar refractivity (Wildman–Crippen MR) is 179 cm³/mol. The minimum atomic E-state index is -0.615. The summed E-state index contributed by atoms with van der Waals surface area (Å²) in [5.74, 6) is 6.53. The molecule has 0 radical (unpaired) electrons. The largest absolute Gasteiger partial charge is 0.508 e. The Hall–Kier alpha value is -2.37. The third-order valence-electron chi connectivity index (χ3n) is 12.9. The van der Waals surface area contributed by atoms with Gasteiger partial charge in [0.2, 0.25) is 5.75 Å². The average molecular weight is 625 g/mol. The number of carbonyl (C=O) groups excluding carboxylic acids is 1. The number of hydrogen-bond donors (Lipinski definition) is 0. The molecule has 0 aliphatic heterocycles. The monoisotopic (exact) mass is 624 g/mol. The molecule has 5 rings (SSSR count). The summed E-state index contributed by atoms with van der Waals surface area (Å²) in [5.41, 5.74) is 3.00. The summed E-state index contributed by atoms with van der Waals surface area (Å²) in [6, 6.07) is 3.58. The zero-order valence-corrected chi connectivity index (χ0v) is 29.4. The van der Waals surface area contributed by atoms with E-state index in [4.69, 9.17) is 23.7 Å². The summed E-state index contributed by atoms with van der Waals surface area (Å²) < 4.78 is 27.7. The molecule has 0 unspecified atom stereocenters. The van der Waals surface area contributed by atoms with Gasteiger partial charge in [-0.1, -0.05) is 72.0 Å². The van der Waals surface area contributed by atoms with Gasteiger partial charge in [0, 0.05) is 6.42 Å². The molecule has 0 saturated heterocycles. The molecular weight excluding hydrogens is 564 g/mol. The number of rotatable bonds is 12. The van der Waals surface area contributed by atoms with Gasteiger partial charge in [-0.2, -0.15) is 0 Å². The summed E-state index contributed by atoms with van der Waals surface area (Å²) in [4.78, 5) is 12.8. The van der Waals surface area contributed by atoms with Gasteiger partial charge in [0.15, 0.2) is 11.5 Å². The second-order valence-electron chi connectivity index (χ2n) is 15.7. The van der Waals surface area contributed by atoms with Crippen molar-refractivity contribution in [1.29, 1.82) is 0 Å². The normalized spacial score (nSPS) is 32.9. The van der Waals surface area contributed by atoms with Gasteiger partial charge in [0.1, 0.15) is 12.7 Å². The van der Waals surface area contributed by atoms with Crippen LogP contribution in [0.25, 0.3) is 0 Å². The molecule has 0 amide bonds. The highest BCUT2D eigenvalue weighted by Gasteiger charge is 2.59. The Balaban J connectivity index is 1.17. The Bertz CT molecular complexity index is 1180. The lowest BCUT2D eigenvalue weighted by atomic mass is 9.47. The molecule has 252 valence electrons. The van der Waals surface area contributed by atoms with Gasteiger partial charge in [0.25, 0.3) is 0 Å².